The fourth-order valence-corrected chi connectivity index (χ4v) is 3.28. The Kier molecular flexibility index (Phi) is 8.13. The van der Waals surface area contributed by atoms with Gasteiger partial charge in [0.25, 0.3) is 5.89 Å². The minimum Gasteiger partial charge on any atom is -0.490 e. The molecule has 0 aliphatic carbocycles. The SMILES string of the molecule is Cc1cc(-c2nc(-c3cc(C)c(OC[C@H](O)CNC(=O)CO)c(C)c3)no2)nc(NC(C)C)n1. The minimum atomic E-state index is -0.917. The molecule has 1 atom stereocenters. The number of hydrogen-bond donors (Lipinski definition) is 4. The van der Waals surface area contributed by atoms with Crippen molar-refractivity contribution >= 4 is 11.9 Å². The van der Waals surface area contributed by atoms with Gasteiger partial charge in [0.1, 0.15) is 30.8 Å². The second-order valence-corrected chi connectivity index (χ2v) is 8.31. The third-order valence-corrected chi connectivity index (χ3v) is 4.73. The standard InChI is InChI=1S/C23H30N6O5/c1-12(2)25-23-26-15(5)8-18(27-23)22-28-21(29-34-22)16-6-13(3)20(14(4)7-16)33-11-17(31)9-24-19(32)10-30/h6-8,12,17,30-31H,9-11H2,1-5H3,(H,24,32)(H,25,26,27)/t17-/m1/s1. The van der Waals surface area contributed by atoms with E-state index in [9.17, 15) is 9.90 Å². The van der Waals surface area contributed by atoms with E-state index < -0.39 is 18.6 Å². The van der Waals surface area contributed by atoms with Gasteiger partial charge in [-0.15, -0.1) is 0 Å². The number of anilines is 1. The summed E-state index contributed by atoms with van der Waals surface area (Å²) in [6, 6.07) is 5.70. The molecule has 4 N–H and O–H groups in total. The molecule has 11 nitrogen and oxygen atoms in total. The van der Waals surface area contributed by atoms with Crippen LogP contribution in [0.4, 0.5) is 5.95 Å². The van der Waals surface area contributed by atoms with Gasteiger partial charge >= 0.3 is 0 Å². The highest BCUT2D eigenvalue weighted by molar-refractivity contribution is 5.76. The Labute approximate surface area is 197 Å². The highest BCUT2D eigenvalue weighted by Crippen LogP contribution is 2.30. The number of carbonyl (C=O) groups is 1. The molecule has 2 aromatic heterocycles. The normalized spacial score (nSPS) is 12.0. The van der Waals surface area contributed by atoms with Crippen molar-refractivity contribution in [2.45, 2.75) is 46.8 Å². The molecule has 3 rings (SSSR count). The molecule has 0 saturated heterocycles. The molecule has 0 radical (unpaired) electrons. The first-order valence-electron chi connectivity index (χ1n) is 10.9. The van der Waals surface area contributed by atoms with E-state index in [1.165, 1.54) is 0 Å². The van der Waals surface area contributed by atoms with Crippen LogP contribution in [0.15, 0.2) is 22.7 Å². The molecule has 34 heavy (non-hydrogen) atoms. The number of aryl methyl sites for hydroxylation is 3. The maximum Gasteiger partial charge on any atom is 0.277 e. The van der Waals surface area contributed by atoms with Gasteiger partial charge in [0.2, 0.25) is 17.7 Å². The van der Waals surface area contributed by atoms with Gasteiger partial charge in [0, 0.05) is 23.8 Å². The Morgan fingerprint density at radius 2 is 1.82 bits per heavy atom. The molecule has 0 spiro atoms. The third-order valence-electron chi connectivity index (χ3n) is 4.73. The summed E-state index contributed by atoms with van der Waals surface area (Å²) in [5.41, 5.74) is 3.71. The van der Waals surface area contributed by atoms with Crippen molar-refractivity contribution in [1.29, 1.82) is 0 Å². The van der Waals surface area contributed by atoms with E-state index in [1.54, 1.807) is 6.07 Å². The summed E-state index contributed by atoms with van der Waals surface area (Å²) >= 11 is 0. The van der Waals surface area contributed by atoms with Gasteiger partial charge in [-0.2, -0.15) is 4.98 Å². The van der Waals surface area contributed by atoms with Crippen molar-refractivity contribution in [3.63, 3.8) is 0 Å². The number of nitrogens with one attached hydrogen (secondary N) is 2. The minimum absolute atomic E-state index is 0.0150. The van der Waals surface area contributed by atoms with Gasteiger partial charge in [-0.3, -0.25) is 4.79 Å². The Balaban J connectivity index is 1.75. The quantitative estimate of drug-likeness (QED) is 0.344. The molecule has 1 amide bonds. The van der Waals surface area contributed by atoms with Crippen LogP contribution in [0.25, 0.3) is 23.0 Å². The summed E-state index contributed by atoms with van der Waals surface area (Å²) in [5.74, 6) is 1.26. The second-order valence-electron chi connectivity index (χ2n) is 8.31. The van der Waals surface area contributed by atoms with Gasteiger partial charge in [-0.1, -0.05) is 5.16 Å². The second kappa shape index (κ2) is 11.0. The van der Waals surface area contributed by atoms with E-state index in [-0.39, 0.29) is 25.1 Å². The lowest BCUT2D eigenvalue weighted by Crippen LogP contribution is -2.36. The van der Waals surface area contributed by atoms with Gasteiger partial charge in [-0.25, -0.2) is 9.97 Å². The number of amides is 1. The lowest BCUT2D eigenvalue weighted by molar-refractivity contribution is -0.124. The van der Waals surface area contributed by atoms with Crippen LogP contribution < -0.4 is 15.4 Å². The molecule has 182 valence electrons. The van der Waals surface area contributed by atoms with Crippen LogP contribution in [-0.4, -0.2) is 68.1 Å². The van der Waals surface area contributed by atoms with Gasteiger partial charge in [-0.05, 0) is 63.9 Å². The maximum atomic E-state index is 11.1. The number of nitrogens with zero attached hydrogens (tertiary/aromatic N) is 4. The zero-order valence-electron chi connectivity index (χ0n) is 19.9. The average Bonchev–Trinajstić information content (AvgIpc) is 3.26. The number of aliphatic hydroxyl groups excluding tert-OH is 2. The molecule has 3 aromatic rings. The molecule has 0 fully saturated rings. The van der Waals surface area contributed by atoms with Gasteiger partial charge in [0.05, 0.1) is 0 Å². The van der Waals surface area contributed by atoms with Crippen molar-refractivity contribution in [2.24, 2.45) is 0 Å². The van der Waals surface area contributed by atoms with Crippen molar-refractivity contribution in [1.82, 2.24) is 25.4 Å². The fourth-order valence-electron chi connectivity index (χ4n) is 3.28. The van der Waals surface area contributed by atoms with E-state index in [1.807, 2.05) is 46.8 Å². The molecule has 0 aliphatic heterocycles. The molecule has 0 saturated carbocycles. The lowest BCUT2D eigenvalue weighted by Gasteiger charge is -2.16. The van der Waals surface area contributed by atoms with Crippen molar-refractivity contribution in [2.75, 3.05) is 25.1 Å². The highest BCUT2D eigenvalue weighted by Gasteiger charge is 2.17. The van der Waals surface area contributed by atoms with Gasteiger partial charge < -0.3 is 30.1 Å². The number of aromatic nitrogens is 4. The molecular formula is C23H30N6O5. The predicted octanol–water partition coefficient (Wildman–Crippen LogP) is 1.79. The monoisotopic (exact) mass is 470 g/mol. The summed E-state index contributed by atoms with van der Waals surface area (Å²) in [6.07, 6.45) is -0.917. The molecule has 0 aliphatic rings. The summed E-state index contributed by atoms with van der Waals surface area (Å²) in [7, 11) is 0. The van der Waals surface area contributed by atoms with Crippen LogP contribution in [0, 0.1) is 20.8 Å². The molecule has 2 heterocycles. The van der Waals surface area contributed by atoms with E-state index in [2.05, 4.69) is 30.7 Å². The number of carbonyl (C=O) groups excluding carboxylic acids is 1. The number of aliphatic hydroxyl groups is 2. The molecular weight excluding hydrogens is 440 g/mol. The largest absolute Gasteiger partial charge is 0.490 e. The van der Waals surface area contributed by atoms with E-state index in [0.29, 0.717) is 23.2 Å². The Morgan fingerprint density at radius 3 is 2.47 bits per heavy atom. The third kappa shape index (κ3) is 6.49. The van der Waals surface area contributed by atoms with Crippen LogP contribution in [0.2, 0.25) is 0 Å². The van der Waals surface area contributed by atoms with E-state index in [4.69, 9.17) is 14.4 Å². The molecule has 11 heteroatoms. The number of ether oxygens (including phenoxy) is 1. The van der Waals surface area contributed by atoms with Crippen LogP contribution in [0.1, 0.15) is 30.7 Å². The van der Waals surface area contributed by atoms with E-state index >= 15 is 0 Å². The number of hydrogen-bond acceptors (Lipinski definition) is 10. The number of benzene rings is 1. The molecule has 0 unspecified atom stereocenters. The summed E-state index contributed by atoms with van der Waals surface area (Å²) < 4.78 is 11.2. The first-order valence-corrected chi connectivity index (χ1v) is 10.9. The van der Waals surface area contributed by atoms with Crippen LogP contribution in [0.5, 0.6) is 5.75 Å². The zero-order valence-corrected chi connectivity index (χ0v) is 19.9. The first kappa shape index (κ1) is 25.1. The molecule has 1 aromatic carbocycles. The topological polar surface area (TPSA) is 156 Å². The summed E-state index contributed by atoms with van der Waals surface area (Å²) in [5, 5.41) is 28.4. The smallest absolute Gasteiger partial charge is 0.277 e. The van der Waals surface area contributed by atoms with Gasteiger partial charge in [0.15, 0.2) is 0 Å². The van der Waals surface area contributed by atoms with Crippen LogP contribution >= 0.6 is 0 Å². The summed E-state index contributed by atoms with van der Waals surface area (Å²) in [4.78, 5) is 24.5. The zero-order chi connectivity index (χ0) is 24.8. The number of rotatable bonds is 10. The Hall–Kier alpha value is -3.57. The van der Waals surface area contributed by atoms with Crippen molar-refractivity contribution in [3.8, 4) is 28.7 Å². The summed E-state index contributed by atoms with van der Waals surface area (Å²) in [6.45, 7) is 8.98. The average molecular weight is 471 g/mol. The van der Waals surface area contributed by atoms with Crippen molar-refractivity contribution < 1.29 is 24.3 Å². The highest BCUT2D eigenvalue weighted by atomic mass is 16.5. The first-order chi connectivity index (χ1) is 16.2. The molecule has 0 bridgehead atoms. The van der Waals surface area contributed by atoms with Crippen LogP contribution in [0.3, 0.4) is 0 Å². The maximum absolute atomic E-state index is 11.1. The fraction of sp³-hybridized carbons (Fsp3) is 0.435. The van der Waals surface area contributed by atoms with Crippen LogP contribution in [-0.2, 0) is 4.79 Å². The predicted molar refractivity (Wildman–Crippen MR) is 125 cm³/mol. The van der Waals surface area contributed by atoms with Crippen molar-refractivity contribution in [3.05, 3.63) is 35.0 Å². The lowest BCUT2D eigenvalue weighted by atomic mass is 10.1. The Morgan fingerprint density at radius 1 is 1.12 bits per heavy atom. The van der Waals surface area contributed by atoms with E-state index in [0.717, 1.165) is 22.4 Å². The Bertz CT molecular complexity index is 1120.